The first-order chi connectivity index (χ1) is 12.3. The van der Waals surface area contributed by atoms with Gasteiger partial charge in [0.2, 0.25) is 0 Å². The van der Waals surface area contributed by atoms with Crippen LogP contribution < -0.4 is 0 Å². The van der Waals surface area contributed by atoms with Gasteiger partial charge in [-0.15, -0.1) is 0 Å². The van der Waals surface area contributed by atoms with Crippen LogP contribution in [0.2, 0.25) is 0 Å². The van der Waals surface area contributed by atoms with E-state index in [1.165, 1.54) is 83.7 Å². The molecule has 0 radical (unpaired) electrons. The normalized spacial score (nSPS) is 36.1. The fraction of sp³-hybridized carbons (Fsp3) is 0.913. The SMILES string of the molecule is CCC1CC=CC(C2CCN(CC3CCCCCCC3)CC2CO)C1. The van der Waals surface area contributed by atoms with Crippen molar-refractivity contribution in [3.05, 3.63) is 12.2 Å². The second kappa shape index (κ2) is 10.1. The molecule has 2 nitrogen and oxygen atoms in total. The monoisotopic (exact) mass is 347 g/mol. The van der Waals surface area contributed by atoms with Gasteiger partial charge in [0.15, 0.2) is 0 Å². The maximum Gasteiger partial charge on any atom is 0.0474 e. The fourth-order valence-corrected chi connectivity index (χ4v) is 5.79. The molecule has 1 saturated carbocycles. The Morgan fingerprint density at radius 2 is 1.76 bits per heavy atom. The molecule has 0 aromatic heterocycles. The van der Waals surface area contributed by atoms with Crippen LogP contribution in [0.3, 0.4) is 0 Å². The molecule has 0 amide bonds. The number of rotatable bonds is 5. The Bertz CT molecular complexity index is 399. The standard InChI is InChI=1S/C23H41NO/c1-2-19-11-8-12-21(15-19)23-13-14-24(17-22(23)18-25)16-20-9-6-4-3-5-7-10-20/h8,12,19-23,25H,2-7,9-11,13-18H2,1H3. The van der Waals surface area contributed by atoms with E-state index >= 15 is 0 Å². The average Bonchev–Trinajstić information content (AvgIpc) is 2.63. The maximum absolute atomic E-state index is 10.1. The Morgan fingerprint density at radius 1 is 1.00 bits per heavy atom. The van der Waals surface area contributed by atoms with E-state index in [1.54, 1.807) is 0 Å². The molecule has 25 heavy (non-hydrogen) atoms. The van der Waals surface area contributed by atoms with E-state index in [9.17, 15) is 5.11 Å². The van der Waals surface area contributed by atoms with Crippen molar-refractivity contribution in [2.75, 3.05) is 26.2 Å². The second-order valence-electron chi connectivity index (χ2n) is 9.20. The molecule has 1 aliphatic heterocycles. The fourth-order valence-electron chi connectivity index (χ4n) is 5.79. The van der Waals surface area contributed by atoms with E-state index in [4.69, 9.17) is 0 Å². The highest BCUT2D eigenvalue weighted by Crippen LogP contribution is 2.38. The third kappa shape index (κ3) is 5.57. The molecule has 3 aliphatic rings. The molecule has 1 N–H and O–H groups in total. The molecule has 4 atom stereocenters. The van der Waals surface area contributed by atoms with Crippen LogP contribution in [0.5, 0.6) is 0 Å². The molecular formula is C23H41NO. The lowest BCUT2D eigenvalue weighted by atomic mass is 9.70. The molecule has 0 bridgehead atoms. The third-order valence-corrected chi connectivity index (χ3v) is 7.44. The van der Waals surface area contributed by atoms with Crippen molar-refractivity contribution < 1.29 is 5.11 Å². The van der Waals surface area contributed by atoms with Crippen LogP contribution in [0.1, 0.15) is 77.6 Å². The van der Waals surface area contributed by atoms with Crippen molar-refractivity contribution >= 4 is 0 Å². The Balaban J connectivity index is 1.52. The average molecular weight is 348 g/mol. The molecule has 0 spiro atoms. The van der Waals surface area contributed by atoms with E-state index in [-0.39, 0.29) is 0 Å². The van der Waals surface area contributed by atoms with Crippen molar-refractivity contribution in [2.24, 2.45) is 29.6 Å². The molecule has 2 aliphatic carbocycles. The van der Waals surface area contributed by atoms with Crippen molar-refractivity contribution in [3.8, 4) is 0 Å². The molecule has 4 unspecified atom stereocenters. The van der Waals surface area contributed by atoms with Gasteiger partial charge in [0.05, 0.1) is 0 Å². The predicted molar refractivity (Wildman–Crippen MR) is 107 cm³/mol. The van der Waals surface area contributed by atoms with Gasteiger partial charge in [-0.05, 0) is 68.2 Å². The van der Waals surface area contributed by atoms with Crippen LogP contribution in [0.15, 0.2) is 12.2 Å². The zero-order valence-corrected chi connectivity index (χ0v) is 16.5. The molecule has 3 rings (SSSR count). The van der Waals surface area contributed by atoms with E-state index in [2.05, 4.69) is 24.0 Å². The Hall–Kier alpha value is -0.340. The highest BCUT2D eigenvalue weighted by molar-refractivity contribution is 5.01. The zero-order valence-electron chi connectivity index (χ0n) is 16.5. The highest BCUT2D eigenvalue weighted by Gasteiger charge is 2.35. The minimum atomic E-state index is 0.382. The summed E-state index contributed by atoms with van der Waals surface area (Å²) in [5.74, 6) is 3.72. The minimum Gasteiger partial charge on any atom is -0.396 e. The number of hydrogen-bond acceptors (Lipinski definition) is 2. The van der Waals surface area contributed by atoms with Crippen LogP contribution in [0, 0.1) is 29.6 Å². The lowest BCUT2D eigenvalue weighted by molar-refractivity contribution is 0.0372. The summed E-state index contributed by atoms with van der Waals surface area (Å²) in [5, 5.41) is 10.1. The number of allylic oxidation sites excluding steroid dienone is 2. The van der Waals surface area contributed by atoms with Gasteiger partial charge in [-0.3, -0.25) is 0 Å². The third-order valence-electron chi connectivity index (χ3n) is 7.44. The van der Waals surface area contributed by atoms with Crippen LogP contribution in [0.4, 0.5) is 0 Å². The van der Waals surface area contributed by atoms with E-state index in [1.807, 2.05) is 0 Å². The first-order valence-electron chi connectivity index (χ1n) is 11.3. The van der Waals surface area contributed by atoms with Crippen molar-refractivity contribution in [1.82, 2.24) is 4.90 Å². The van der Waals surface area contributed by atoms with E-state index < -0.39 is 0 Å². The number of aliphatic hydroxyl groups is 1. The maximum atomic E-state index is 10.1. The lowest BCUT2D eigenvalue weighted by Crippen LogP contribution is -2.46. The molecule has 2 fully saturated rings. The number of likely N-dealkylation sites (tertiary alicyclic amines) is 1. The van der Waals surface area contributed by atoms with Gasteiger partial charge in [0, 0.05) is 19.7 Å². The van der Waals surface area contributed by atoms with Crippen LogP contribution in [-0.4, -0.2) is 36.2 Å². The Morgan fingerprint density at radius 3 is 2.48 bits per heavy atom. The number of hydrogen-bond donors (Lipinski definition) is 1. The number of piperidine rings is 1. The predicted octanol–water partition coefficient (Wildman–Crippen LogP) is 5.27. The molecule has 0 aromatic rings. The smallest absolute Gasteiger partial charge is 0.0474 e. The molecule has 1 heterocycles. The van der Waals surface area contributed by atoms with E-state index in [0.29, 0.717) is 18.4 Å². The number of aliphatic hydroxyl groups excluding tert-OH is 1. The van der Waals surface area contributed by atoms with Crippen LogP contribution in [0.25, 0.3) is 0 Å². The van der Waals surface area contributed by atoms with Gasteiger partial charge >= 0.3 is 0 Å². The lowest BCUT2D eigenvalue weighted by Gasteiger charge is -2.43. The van der Waals surface area contributed by atoms with Gasteiger partial charge in [-0.2, -0.15) is 0 Å². The summed E-state index contributed by atoms with van der Waals surface area (Å²) in [6.07, 6.45) is 20.3. The molecule has 1 saturated heterocycles. The first kappa shape index (κ1) is 19.4. The summed E-state index contributed by atoms with van der Waals surface area (Å²) in [6, 6.07) is 0. The van der Waals surface area contributed by atoms with Crippen molar-refractivity contribution in [3.63, 3.8) is 0 Å². The summed E-state index contributed by atoms with van der Waals surface area (Å²) in [5.41, 5.74) is 0. The largest absolute Gasteiger partial charge is 0.396 e. The Labute approximate surface area is 156 Å². The summed E-state index contributed by atoms with van der Waals surface area (Å²) >= 11 is 0. The number of nitrogens with zero attached hydrogens (tertiary/aromatic N) is 1. The first-order valence-corrected chi connectivity index (χ1v) is 11.3. The van der Waals surface area contributed by atoms with Gasteiger partial charge < -0.3 is 10.0 Å². The van der Waals surface area contributed by atoms with Gasteiger partial charge in [-0.1, -0.05) is 57.6 Å². The Kier molecular flexibility index (Phi) is 7.86. The molecular weight excluding hydrogens is 306 g/mol. The highest BCUT2D eigenvalue weighted by atomic mass is 16.3. The van der Waals surface area contributed by atoms with Gasteiger partial charge in [0.1, 0.15) is 0 Å². The quantitative estimate of drug-likeness (QED) is 0.685. The summed E-state index contributed by atoms with van der Waals surface area (Å²) < 4.78 is 0. The summed E-state index contributed by atoms with van der Waals surface area (Å²) in [4.78, 5) is 2.70. The van der Waals surface area contributed by atoms with E-state index in [0.717, 1.165) is 24.3 Å². The minimum absolute atomic E-state index is 0.382. The topological polar surface area (TPSA) is 23.5 Å². The summed E-state index contributed by atoms with van der Waals surface area (Å²) in [7, 11) is 0. The molecule has 144 valence electrons. The summed E-state index contributed by atoms with van der Waals surface area (Å²) in [6.45, 7) is 6.41. The van der Waals surface area contributed by atoms with Gasteiger partial charge in [-0.25, -0.2) is 0 Å². The van der Waals surface area contributed by atoms with Crippen molar-refractivity contribution in [1.29, 1.82) is 0 Å². The zero-order chi connectivity index (χ0) is 17.5. The van der Waals surface area contributed by atoms with Crippen LogP contribution in [-0.2, 0) is 0 Å². The van der Waals surface area contributed by atoms with Crippen LogP contribution >= 0.6 is 0 Å². The molecule has 2 heteroatoms. The van der Waals surface area contributed by atoms with Crippen molar-refractivity contribution in [2.45, 2.75) is 77.6 Å². The second-order valence-corrected chi connectivity index (χ2v) is 9.20. The molecule has 0 aromatic carbocycles. The van der Waals surface area contributed by atoms with Gasteiger partial charge in [0.25, 0.3) is 0 Å².